The zero-order valence-corrected chi connectivity index (χ0v) is 22.1. The molecule has 2 N–H and O–H groups in total. The Morgan fingerprint density at radius 1 is 1.18 bits per heavy atom. The van der Waals surface area contributed by atoms with Crippen LogP contribution in [0.2, 0.25) is 0 Å². The predicted molar refractivity (Wildman–Crippen MR) is 143 cm³/mol. The molecule has 12 heteroatoms. The van der Waals surface area contributed by atoms with Gasteiger partial charge >= 0.3 is 6.18 Å². The monoisotopic (exact) mass is 559 g/mol. The summed E-state index contributed by atoms with van der Waals surface area (Å²) >= 11 is 0.878. The Kier molecular flexibility index (Phi) is 7.85. The van der Waals surface area contributed by atoms with Crippen molar-refractivity contribution >= 4 is 28.9 Å². The number of benzene rings is 1. The predicted octanol–water partition coefficient (Wildman–Crippen LogP) is 4.82. The summed E-state index contributed by atoms with van der Waals surface area (Å²) < 4.78 is 45.8. The second-order valence-corrected chi connectivity index (χ2v) is 10.7. The maximum Gasteiger partial charge on any atom is 0.417 e. The number of allylic oxidation sites excluding steroid dienone is 1. The number of likely N-dealkylation sites (tertiary alicyclic amines) is 1. The molecule has 5 rings (SSSR count). The van der Waals surface area contributed by atoms with Crippen LogP contribution >= 0.6 is 11.8 Å². The van der Waals surface area contributed by atoms with E-state index >= 15 is 0 Å². The number of nitrogens with one attached hydrogen (secondary N) is 2. The third-order valence-corrected chi connectivity index (χ3v) is 7.67. The van der Waals surface area contributed by atoms with Crippen LogP contribution in [0.15, 0.2) is 68.6 Å². The lowest BCUT2D eigenvalue weighted by molar-refractivity contribution is -0.137. The molecule has 0 saturated carbocycles. The van der Waals surface area contributed by atoms with E-state index in [1.807, 2.05) is 13.1 Å². The number of alkyl halides is 3. The van der Waals surface area contributed by atoms with Crippen LogP contribution in [0.4, 0.5) is 18.0 Å². The summed E-state index contributed by atoms with van der Waals surface area (Å²) in [7, 11) is 1.97. The van der Waals surface area contributed by atoms with Gasteiger partial charge in [0.25, 0.3) is 11.1 Å². The minimum Gasteiger partial charge on any atom is -0.460 e. The maximum atomic E-state index is 13.3. The largest absolute Gasteiger partial charge is 0.460 e. The molecule has 0 unspecified atom stereocenters. The first-order valence-electron chi connectivity index (χ1n) is 12.6. The summed E-state index contributed by atoms with van der Waals surface area (Å²) in [5.41, 5.74) is -0.0156. The van der Waals surface area contributed by atoms with Crippen LogP contribution in [0.25, 0.3) is 11.3 Å². The van der Waals surface area contributed by atoms with Gasteiger partial charge in [0.15, 0.2) is 0 Å². The molecule has 0 spiro atoms. The number of likely N-dealkylation sites (N-methyl/N-ethyl adjacent to an activating group) is 1. The zero-order valence-electron chi connectivity index (χ0n) is 21.3. The van der Waals surface area contributed by atoms with Crippen molar-refractivity contribution in [2.75, 3.05) is 33.2 Å². The first-order valence-corrected chi connectivity index (χ1v) is 13.4. The van der Waals surface area contributed by atoms with E-state index in [-0.39, 0.29) is 16.6 Å². The maximum absolute atomic E-state index is 13.3. The van der Waals surface area contributed by atoms with Crippen molar-refractivity contribution in [3.05, 3.63) is 70.5 Å². The van der Waals surface area contributed by atoms with Crippen molar-refractivity contribution in [3.63, 3.8) is 0 Å². The molecule has 0 aliphatic carbocycles. The summed E-state index contributed by atoms with van der Waals surface area (Å²) in [4.78, 5) is 32.7. The van der Waals surface area contributed by atoms with Gasteiger partial charge in [-0.1, -0.05) is 18.2 Å². The SMILES string of the molecule is CN1CC=C(/C=C2\SC(=O)NC2=O)N=C1N1CCC(CNCc2ccc(-c3ccccc3C(F)(F)F)o2)CC1. The Morgan fingerprint density at radius 3 is 2.67 bits per heavy atom. The van der Waals surface area contributed by atoms with Crippen LogP contribution in [0.3, 0.4) is 0 Å². The van der Waals surface area contributed by atoms with Gasteiger partial charge in [0.05, 0.1) is 22.7 Å². The average molecular weight is 560 g/mol. The van der Waals surface area contributed by atoms with Gasteiger partial charge in [-0.2, -0.15) is 13.2 Å². The topological polar surface area (TPSA) is 90.2 Å². The summed E-state index contributed by atoms with van der Waals surface area (Å²) in [6.07, 6.45) is 1.03. The number of imide groups is 1. The number of hydrogen-bond acceptors (Lipinski definition) is 8. The smallest absolute Gasteiger partial charge is 0.417 e. The Hall–Kier alpha value is -3.51. The van der Waals surface area contributed by atoms with Gasteiger partial charge in [0.1, 0.15) is 11.5 Å². The number of thioether (sulfide) groups is 1. The minimum atomic E-state index is -4.45. The Bertz CT molecular complexity index is 1340. The van der Waals surface area contributed by atoms with E-state index in [0.29, 0.717) is 35.4 Å². The van der Waals surface area contributed by atoms with Gasteiger partial charge in [-0.05, 0) is 67.4 Å². The Morgan fingerprint density at radius 2 is 1.95 bits per heavy atom. The fourth-order valence-corrected chi connectivity index (χ4v) is 5.48. The Labute approximate surface area is 228 Å². The van der Waals surface area contributed by atoms with Crippen molar-refractivity contribution in [3.8, 4) is 11.3 Å². The number of halogens is 3. The molecule has 4 heterocycles. The van der Waals surface area contributed by atoms with Crippen molar-refractivity contribution < 1.29 is 27.2 Å². The Balaban J connectivity index is 1.12. The molecule has 2 aromatic rings. The van der Waals surface area contributed by atoms with Gasteiger partial charge in [-0.25, -0.2) is 4.99 Å². The van der Waals surface area contributed by atoms with Crippen molar-refractivity contribution in [2.24, 2.45) is 10.9 Å². The molecule has 1 aromatic heterocycles. The van der Waals surface area contributed by atoms with Gasteiger partial charge in [0, 0.05) is 32.2 Å². The molecular weight excluding hydrogens is 531 g/mol. The molecule has 206 valence electrons. The molecule has 1 aromatic carbocycles. The summed E-state index contributed by atoms with van der Waals surface area (Å²) in [5.74, 6) is 1.67. The molecule has 8 nitrogen and oxygen atoms in total. The molecule has 2 saturated heterocycles. The van der Waals surface area contributed by atoms with Crippen LogP contribution in [0, 0.1) is 5.92 Å². The lowest BCUT2D eigenvalue weighted by atomic mass is 9.97. The van der Waals surface area contributed by atoms with Crippen LogP contribution < -0.4 is 10.6 Å². The average Bonchev–Trinajstić information content (AvgIpc) is 3.50. The fourth-order valence-electron chi connectivity index (χ4n) is 4.82. The van der Waals surface area contributed by atoms with Crippen LogP contribution in [-0.4, -0.2) is 60.1 Å². The van der Waals surface area contributed by atoms with Gasteiger partial charge in [-0.15, -0.1) is 0 Å². The first kappa shape index (κ1) is 27.1. The van der Waals surface area contributed by atoms with E-state index in [9.17, 15) is 22.8 Å². The zero-order chi connectivity index (χ0) is 27.6. The molecule has 3 aliphatic heterocycles. The highest BCUT2D eigenvalue weighted by molar-refractivity contribution is 8.18. The number of guanidine groups is 1. The van der Waals surface area contributed by atoms with Crippen molar-refractivity contribution in [1.29, 1.82) is 0 Å². The van der Waals surface area contributed by atoms with E-state index in [1.165, 1.54) is 12.1 Å². The van der Waals surface area contributed by atoms with E-state index < -0.39 is 17.6 Å². The van der Waals surface area contributed by atoms with Crippen LogP contribution in [0.5, 0.6) is 0 Å². The highest BCUT2D eigenvalue weighted by Gasteiger charge is 2.34. The molecule has 2 fully saturated rings. The molecule has 0 atom stereocenters. The van der Waals surface area contributed by atoms with E-state index in [0.717, 1.165) is 56.3 Å². The number of carbonyl (C=O) groups is 2. The number of rotatable bonds is 6. The lowest BCUT2D eigenvalue weighted by Gasteiger charge is -2.38. The minimum absolute atomic E-state index is 0.0344. The number of furan rings is 1. The van der Waals surface area contributed by atoms with Crippen molar-refractivity contribution in [1.82, 2.24) is 20.4 Å². The quantitative estimate of drug-likeness (QED) is 0.491. The molecule has 0 radical (unpaired) electrons. The number of hydrogen-bond donors (Lipinski definition) is 2. The van der Waals surface area contributed by atoms with E-state index in [1.54, 1.807) is 24.3 Å². The van der Waals surface area contributed by atoms with Crippen molar-refractivity contribution in [2.45, 2.75) is 25.6 Å². The van der Waals surface area contributed by atoms with Gasteiger partial charge < -0.3 is 19.5 Å². The van der Waals surface area contributed by atoms with Gasteiger partial charge in [-0.3, -0.25) is 14.9 Å². The molecule has 39 heavy (non-hydrogen) atoms. The van der Waals surface area contributed by atoms with E-state index in [2.05, 4.69) is 20.4 Å². The number of nitrogens with zero attached hydrogens (tertiary/aromatic N) is 3. The highest BCUT2D eigenvalue weighted by Crippen LogP contribution is 2.37. The highest BCUT2D eigenvalue weighted by atomic mass is 32.2. The summed E-state index contributed by atoms with van der Waals surface area (Å²) in [6.45, 7) is 3.50. The van der Waals surface area contributed by atoms with Crippen LogP contribution in [0.1, 0.15) is 24.2 Å². The molecule has 0 bridgehead atoms. The summed E-state index contributed by atoms with van der Waals surface area (Å²) in [5, 5.41) is 5.26. The normalized spacial score (nSPS) is 19.9. The second kappa shape index (κ2) is 11.3. The molecule has 3 aliphatic rings. The molecular formula is C27H28F3N5O3S. The second-order valence-electron chi connectivity index (χ2n) is 9.64. The third kappa shape index (κ3) is 6.39. The summed E-state index contributed by atoms with van der Waals surface area (Å²) in [6, 6.07) is 8.70. The van der Waals surface area contributed by atoms with E-state index in [4.69, 9.17) is 9.41 Å². The fraction of sp³-hybridized carbons (Fsp3) is 0.370. The number of aliphatic imine (C=N–C) groups is 1. The van der Waals surface area contributed by atoms with Gasteiger partial charge in [0.2, 0.25) is 5.96 Å². The standard InChI is InChI=1S/C27H28F3N5O3S/c1-34-11-10-18(14-23-24(36)33-26(37)39-23)32-25(34)35-12-8-17(9-13-35)15-31-16-19-6-7-22(38-19)20-4-2-3-5-21(20)27(28,29)30/h2-7,10,14,17,31H,8-9,11-13,15-16H2,1H3,(H,33,36,37)/b23-14-. The lowest BCUT2D eigenvalue weighted by Crippen LogP contribution is -2.48. The van der Waals surface area contributed by atoms with Crippen LogP contribution in [-0.2, 0) is 17.5 Å². The number of amides is 2. The number of carbonyl (C=O) groups excluding carboxylic acids is 2. The molecule has 2 amide bonds. The first-order chi connectivity index (χ1) is 18.7. The third-order valence-electron chi connectivity index (χ3n) is 6.86. The number of piperidine rings is 1.